The average molecular weight is 362 g/mol. The number of esters is 1. The van der Waals surface area contributed by atoms with E-state index < -0.39 is 53.9 Å². The minimum Gasteiger partial charge on any atom is -0.452 e. The van der Waals surface area contributed by atoms with Crippen molar-refractivity contribution < 1.29 is 43.2 Å². The van der Waals surface area contributed by atoms with E-state index in [2.05, 4.69) is 0 Å². The number of carbonyl (C=O) groups is 3. The van der Waals surface area contributed by atoms with Crippen molar-refractivity contribution in [3.63, 3.8) is 0 Å². The van der Waals surface area contributed by atoms with Crippen LogP contribution in [-0.2, 0) is 28.5 Å². The number of cyclic esters (lactones) is 1. The van der Waals surface area contributed by atoms with Crippen molar-refractivity contribution in [2.75, 3.05) is 6.61 Å². The maximum atomic E-state index is 11.8. The second-order valence-corrected chi connectivity index (χ2v) is 7.87. The predicted molar refractivity (Wildman–Crippen MR) is 83.8 cm³/mol. The van der Waals surface area contributed by atoms with E-state index in [4.69, 9.17) is 23.7 Å². The van der Waals surface area contributed by atoms with Gasteiger partial charge >= 0.3 is 18.3 Å². The summed E-state index contributed by atoms with van der Waals surface area (Å²) in [4.78, 5) is 35.2. The highest BCUT2D eigenvalue weighted by atomic mass is 16.8. The van der Waals surface area contributed by atoms with Crippen molar-refractivity contribution >= 4 is 18.3 Å². The largest absolute Gasteiger partial charge is 0.509 e. The van der Waals surface area contributed by atoms with Gasteiger partial charge in [0.1, 0.15) is 17.8 Å². The summed E-state index contributed by atoms with van der Waals surface area (Å²) in [6.45, 7) is 10.5. The molecule has 3 atom stereocenters. The van der Waals surface area contributed by atoms with E-state index in [0.717, 1.165) is 6.92 Å². The highest BCUT2D eigenvalue weighted by molar-refractivity contribution is 5.83. The minimum absolute atomic E-state index is 0.454. The highest BCUT2D eigenvalue weighted by Crippen LogP contribution is 2.30. The van der Waals surface area contributed by atoms with Crippen LogP contribution in [0.4, 0.5) is 9.59 Å². The van der Waals surface area contributed by atoms with Gasteiger partial charge in [0.2, 0.25) is 0 Å². The van der Waals surface area contributed by atoms with Crippen molar-refractivity contribution in [2.24, 2.45) is 0 Å². The second-order valence-electron chi connectivity index (χ2n) is 7.87. The first kappa shape index (κ1) is 21.0. The van der Waals surface area contributed by atoms with Crippen molar-refractivity contribution in [3.05, 3.63) is 0 Å². The van der Waals surface area contributed by atoms with E-state index in [1.165, 1.54) is 0 Å². The fourth-order valence-corrected chi connectivity index (χ4v) is 1.92. The molecule has 0 saturated carbocycles. The van der Waals surface area contributed by atoms with Gasteiger partial charge in [-0.1, -0.05) is 0 Å². The molecule has 144 valence electrons. The zero-order chi connectivity index (χ0) is 19.6. The molecule has 0 unspecified atom stereocenters. The van der Waals surface area contributed by atoms with E-state index in [-0.39, 0.29) is 0 Å². The molecule has 1 aliphatic rings. The van der Waals surface area contributed by atoms with E-state index >= 15 is 0 Å². The summed E-state index contributed by atoms with van der Waals surface area (Å²) in [5, 5.41) is 10.2. The Kier molecular flexibility index (Phi) is 5.94. The van der Waals surface area contributed by atoms with Gasteiger partial charge in [-0.3, -0.25) is 0 Å². The quantitative estimate of drug-likeness (QED) is 0.593. The number of aliphatic hydroxyl groups is 1. The van der Waals surface area contributed by atoms with Gasteiger partial charge in [-0.15, -0.1) is 0 Å². The molecule has 0 aromatic heterocycles. The number of hydrogen-bond acceptors (Lipinski definition) is 9. The Morgan fingerprint density at radius 3 is 2.04 bits per heavy atom. The van der Waals surface area contributed by atoms with Crippen LogP contribution in [0.1, 0.15) is 48.5 Å². The van der Waals surface area contributed by atoms with Gasteiger partial charge in [-0.05, 0) is 48.5 Å². The van der Waals surface area contributed by atoms with Crippen LogP contribution in [0.5, 0.6) is 0 Å². The summed E-state index contributed by atoms with van der Waals surface area (Å²) in [6, 6.07) is 0. The second kappa shape index (κ2) is 7.07. The average Bonchev–Trinajstić information content (AvgIpc) is 2.55. The zero-order valence-corrected chi connectivity index (χ0v) is 15.6. The maximum Gasteiger partial charge on any atom is 0.509 e. The standard InChI is InChI=1S/C16H26O9/c1-14(2,3)24-12(18)21-8-9-10(16(7,20)11(17)22-9)23-13(19)25-15(4,5)6/h9-10,20H,8H2,1-7H3/t9-,10-,16+/m1/s1. The molecule has 25 heavy (non-hydrogen) atoms. The number of hydrogen-bond donors (Lipinski definition) is 1. The summed E-state index contributed by atoms with van der Waals surface area (Å²) in [7, 11) is 0. The smallest absolute Gasteiger partial charge is 0.452 e. The Labute approximate surface area is 146 Å². The third kappa shape index (κ3) is 6.41. The lowest BCUT2D eigenvalue weighted by Gasteiger charge is -2.26. The maximum absolute atomic E-state index is 11.8. The summed E-state index contributed by atoms with van der Waals surface area (Å²) < 4.78 is 24.8. The monoisotopic (exact) mass is 362 g/mol. The first-order chi connectivity index (χ1) is 11.1. The van der Waals surface area contributed by atoms with Crippen LogP contribution in [0.25, 0.3) is 0 Å². The zero-order valence-electron chi connectivity index (χ0n) is 15.6. The van der Waals surface area contributed by atoms with Crippen molar-refractivity contribution in [1.82, 2.24) is 0 Å². The van der Waals surface area contributed by atoms with Gasteiger partial charge in [-0.25, -0.2) is 14.4 Å². The van der Waals surface area contributed by atoms with Crippen LogP contribution >= 0.6 is 0 Å². The Morgan fingerprint density at radius 2 is 1.56 bits per heavy atom. The molecule has 0 aromatic rings. The van der Waals surface area contributed by atoms with Gasteiger partial charge in [0, 0.05) is 0 Å². The lowest BCUT2D eigenvalue weighted by atomic mass is 9.98. The molecular formula is C16H26O9. The van der Waals surface area contributed by atoms with Crippen molar-refractivity contribution in [1.29, 1.82) is 0 Å². The molecule has 1 saturated heterocycles. The van der Waals surface area contributed by atoms with E-state index in [1.54, 1.807) is 41.5 Å². The summed E-state index contributed by atoms with van der Waals surface area (Å²) in [5.41, 5.74) is -3.69. The highest BCUT2D eigenvalue weighted by Gasteiger charge is 2.57. The topological polar surface area (TPSA) is 118 Å². The molecule has 0 spiro atoms. The molecular weight excluding hydrogens is 336 g/mol. The molecule has 1 N–H and O–H groups in total. The fourth-order valence-electron chi connectivity index (χ4n) is 1.92. The molecule has 1 fully saturated rings. The van der Waals surface area contributed by atoms with Gasteiger partial charge in [0.05, 0.1) is 0 Å². The number of ether oxygens (including phenoxy) is 5. The molecule has 0 amide bonds. The van der Waals surface area contributed by atoms with Crippen LogP contribution in [0, 0.1) is 0 Å². The fraction of sp³-hybridized carbons (Fsp3) is 0.812. The first-order valence-corrected chi connectivity index (χ1v) is 7.81. The molecule has 0 bridgehead atoms. The molecule has 1 heterocycles. The Balaban J connectivity index is 2.75. The third-order valence-corrected chi connectivity index (χ3v) is 2.93. The van der Waals surface area contributed by atoms with Crippen molar-refractivity contribution in [3.8, 4) is 0 Å². The summed E-state index contributed by atoms with van der Waals surface area (Å²) in [5.74, 6) is -1.00. The van der Waals surface area contributed by atoms with E-state index in [9.17, 15) is 19.5 Å². The normalized spacial score (nSPS) is 26.6. The van der Waals surface area contributed by atoms with E-state index in [1.807, 2.05) is 0 Å². The molecule has 0 aliphatic carbocycles. The Hall–Kier alpha value is -2.03. The van der Waals surface area contributed by atoms with Gasteiger partial charge in [-0.2, -0.15) is 0 Å². The van der Waals surface area contributed by atoms with Crippen LogP contribution in [0.15, 0.2) is 0 Å². The molecule has 1 rings (SSSR count). The lowest BCUT2D eigenvalue weighted by Crippen LogP contribution is -2.48. The van der Waals surface area contributed by atoms with Crippen molar-refractivity contribution in [2.45, 2.75) is 77.5 Å². The van der Waals surface area contributed by atoms with E-state index in [0.29, 0.717) is 0 Å². The third-order valence-electron chi connectivity index (χ3n) is 2.93. The first-order valence-electron chi connectivity index (χ1n) is 7.81. The molecule has 9 heteroatoms. The van der Waals surface area contributed by atoms with Crippen LogP contribution in [-0.4, -0.2) is 59.0 Å². The molecule has 0 radical (unpaired) electrons. The Morgan fingerprint density at radius 1 is 1.08 bits per heavy atom. The Bertz CT molecular complexity index is 525. The van der Waals surface area contributed by atoms with Crippen LogP contribution < -0.4 is 0 Å². The summed E-state index contributed by atoms with van der Waals surface area (Å²) >= 11 is 0. The molecule has 0 aromatic carbocycles. The van der Waals surface area contributed by atoms with Crippen LogP contribution in [0.2, 0.25) is 0 Å². The van der Waals surface area contributed by atoms with Gasteiger partial charge < -0.3 is 28.8 Å². The number of rotatable bonds is 3. The van der Waals surface area contributed by atoms with Gasteiger partial charge in [0.15, 0.2) is 17.8 Å². The number of carbonyl (C=O) groups excluding carboxylic acids is 3. The lowest BCUT2D eigenvalue weighted by molar-refractivity contribution is -0.155. The van der Waals surface area contributed by atoms with Crippen LogP contribution in [0.3, 0.4) is 0 Å². The summed E-state index contributed by atoms with van der Waals surface area (Å²) in [6.07, 6.45) is -4.66. The molecule has 1 aliphatic heterocycles. The predicted octanol–water partition coefficient (Wildman–Crippen LogP) is 1.93. The SMILES string of the molecule is CC(C)(C)OC(=O)OC[C@H]1OC(=O)[C@@](C)(O)[C@@H]1OC(=O)OC(C)(C)C. The minimum atomic E-state index is -2.10. The van der Waals surface area contributed by atoms with Gasteiger partial charge in [0.25, 0.3) is 0 Å². The molecule has 9 nitrogen and oxygen atoms in total.